The SMILES string of the molecule is CCCN(CC(=O)O)c1ncc(C)cc1[N+](=O)[O-]. The standard InChI is InChI=1S/C11H15N3O4/c1-3-4-13(7-10(15)16)11-9(14(17)18)5-8(2)6-12-11/h5-6H,3-4,7H2,1-2H3,(H,15,16). The molecule has 98 valence electrons. The Kier molecular flexibility index (Phi) is 4.59. The molecule has 0 atom stereocenters. The van der Waals surface area contributed by atoms with Crippen molar-refractivity contribution in [2.24, 2.45) is 0 Å². The summed E-state index contributed by atoms with van der Waals surface area (Å²) in [6, 6.07) is 1.40. The number of hydrogen-bond donors (Lipinski definition) is 1. The largest absolute Gasteiger partial charge is 0.480 e. The monoisotopic (exact) mass is 253 g/mol. The van der Waals surface area contributed by atoms with Crippen LogP contribution in [-0.2, 0) is 4.79 Å². The highest BCUT2D eigenvalue weighted by Gasteiger charge is 2.22. The highest BCUT2D eigenvalue weighted by atomic mass is 16.6. The first-order chi connectivity index (χ1) is 8.45. The van der Waals surface area contributed by atoms with Gasteiger partial charge in [0.15, 0.2) is 0 Å². The molecular formula is C11H15N3O4. The van der Waals surface area contributed by atoms with Crippen molar-refractivity contribution in [3.63, 3.8) is 0 Å². The summed E-state index contributed by atoms with van der Waals surface area (Å²) in [5.41, 5.74) is 0.502. The lowest BCUT2D eigenvalue weighted by Gasteiger charge is -2.20. The smallest absolute Gasteiger partial charge is 0.323 e. The molecule has 1 aromatic rings. The zero-order chi connectivity index (χ0) is 13.7. The Morgan fingerprint density at radius 3 is 2.78 bits per heavy atom. The van der Waals surface area contributed by atoms with Crippen molar-refractivity contribution in [3.05, 3.63) is 27.9 Å². The molecule has 7 heteroatoms. The number of carboxylic acids is 1. The van der Waals surface area contributed by atoms with E-state index in [1.165, 1.54) is 17.2 Å². The van der Waals surface area contributed by atoms with Crippen molar-refractivity contribution < 1.29 is 14.8 Å². The summed E-state index contributed by atoms with van der Waals surface area (Å²) >= 11 is 0. The number of aryl methyl sites for hydroxylation is 1. The number of nitrogens with zero attached hydrogens (tertiary/aromatic N) is 3. The molecule has 1 aromatic heterocycles. The van der Waals surface area contributed by atoms with Gasteiger partial charge in [-0.05, 0) is 18.9 Å². The maximum atomic E-state index is 11.0. The minimum atomic E-state index is -1.04. The van der Waals surface area contributed by atoms with Crippen LogP contribution in [0.1, 0.15) is 18.9 Å². The first kappa shape index (κ1) is 13.9. The minimum absolute atomic E-state index is 0.106. The van der Waals surface area contributed by atoms with Crippen LogP contribution < -0.4 is 4.90 Å². The Balaban J connectivity index is 3.17. The topological polar surface area (TPSA) is 96.6 Å². The lowest BCUT2D eigenvalue weighted by Crippen LogP contribution is -2.31. The summed E-state index contributed by atoms with van der Waals surface area (Å²) in [6.45, 7) is 3.67. The zero-order valence-electron chi connectivity index (χ0n) is 10.3. The fourth-order valence-electron chi connectivity index (χ4n) is 1.62. The third kappa shape index (κ3) is 3.41. The average Bonchev–Trinajstić information content (AvgIpc) is 2.27. The van der Waals surface area contributed by atoms with Crippen molar-refractivity contribution >= 4 is 17.5 Å². The molecule has 0 bridgehead atoms. The number of rotatable bonds is 6. The molecule has 0 amide bonds. The molecular weight excluding hydrogens is 238 g/mol. The van der Waals surface area contributed by atoms with Gasteiger partial charge in [0.25, 0.3) is 0 Å². The van der Waals surface area contributed by atoms with E-state index in [1.807, 2.05) is 6.92 Å². The fraction of sp³-hybridized carbons (Fsp3) is 0.455. The van der Waals surface area contributed by atoms with E-state index >= 15 is 0 Å². The van der Waals surface area contributed by atoms with Gasteiger partial charge in [-0.15, -0.1) is 0 Å². The number of carboxylic acid groups (broad SMARTS) is 1. The van der Waals surface area contributed by atoms with Crippen molar-refractivity contribution in [1.29, 1.82) is 0 Å². The van der Waals surface area contributed by atoms with Crippen LogP contribution >= 0.6 is 0 Å². The fourth-order valence-corrected chi connectivity index (χ4v) is 1.62. The normalized spacial score (nSPS) is 10.1. The third-order valence-corrected chi connectivity index (χ3v) is 2.30. The van der Waals surface area contributed by atoms with Crippen LogP contribution in [-0.4, -0.2) is 34.1 Å². The highest BCUT2D eigenvalue weighted by Crippen LogP contribution is 2.26. The molecule has 18 heavy (non-hydrogen) atoms. The van der Waals surface area contributed by atoms with Gasteiger partial charge >= 0.3 is 11.7 Å². The molecule has 1 rings (SSSR count). The second kappa shape index (κ2) is 5.95. The van der Waals surface area contributed by atoms with E-state index in [4.69, 9.17) is 5.11 Å². The van der Waals surface area contributed by atoms with Crippen molar-refractivity contribution in [3.8, 4) is 0 Å². The van der Waals surface area contributed by atoms with E-state index in [0.717, 1.165) is 0 Å². The summed E-state index contributed by atoms with van der Waals surface area (Å²) in [4.78, 5) is 26.6. The summed E-state index contributed by atoms with van der Waals surface area (Å²) in [6.07, 6.45) is 2.17. The predicted octanol–water partition coefficient (Wildman–Crippen LogP) is 1.60. The Labute approximate surface area is 104 Å². The van der Waals surface area contributed by atoms with Crippen molar-refractivity contribution in [1.82, 2.24) is 4.98 Å². The summed E-state index contributed by atoms with van der Waals surface area (Å²) in [7, 11) is 0. The number of aliphatic carboxylic acids is 1. The molecule has 1 heterocycles. The molecule has 1 N–H and O–H groups in total. The minimum Gasteiger partial charge on any atom is -0.480 e. The van der Waals surface area contributed by atoms with Crippen LogP contribution in [0.25, 0.3) is 0 Å². The van der Waals surface area contributed by atoms with Gasteiger partial charge < -0.3 is 10.0 Å². The van der Waals surface area contributed by atoms with Gasteiger partial charge in [-0.2, -0.15) is 0 Å². The van der Waals surface area contributed by atoms with Gasteiger partial charge in [-0.1, -0.05) is 6.92 Å². The van der Waals surface area contributed by atoms with Crippen LogP contribution in [0.3, 0.4) is 0 Å². The van der Waals surface area contributed by atoms with Gasteiger partial charge in [0.05, 0.1) is 4.92 Å². The van der Waals surface area contributed by atoms with Crippen LogP contribution in [0.15, 0.2) is 12.3 Å². The molecule has 0 radical (unpaired) electrons. The molecule has 0 aliphatic rings. The number of anilines is 1. The van der Waals surface area contributed by atoms with Crippen LogP contribution in [0.5, 0.6) is 0 Å². The number of aromatic nitrogens is 1. The molecule has 7 nitrogen and oxygen atoms in total. The van der Waals surface area contributed by atoms with E-state index < -0.39 is 10.9 Å². The van der Waals surface area contributed by atoms with Crippen LogP contribution in [0.4, 0.5) is 11.5 Å². The number of hydrogen-bond acceptors (Lipinski definition) is 5. The average molecular weight is 253 g/mol. The number of carbonyl (C=O) groups is 1. The lowest BCUT2D eigenvalue weighted by molar-refractivity contribution is -0.384. The van der Waals surface area contributed by atoms with Gasteiger partial charge in [0, 0.05) is 18.8 Å². The molecule has 0 spiro atoms. The van der Waals surface area contributed by atoms with E-state index in [0.29, 0.717) is 18.5 Å². The first-order valence-electron chi connectivity index (χ1n) is 5.53. The molecule has 0 fully saturated rings. The highest BCUT2D eigenvalue weighted by molar-refractivity contribution is 5.74. The van der Waals surface area contributed by atoms with Gasteiger partial charge in [0.1, 0.15) is 6.54 Å². The Bertz CT molecular complexity index is 462. The van der Waals surface area contributed by atoms with Gasteiger partial charge in [0.2, 0.25) is 5.82 Å². The molecule has 0 aromatic carbocycles. The number of pyridine rings is 1. The Morgan fingerprint density at radius 1 is 1.61 bits per heavy atom. The summed E-state index contributed by atoms with van der Waals surface area (Å²) in [5, 5.41) is 19.8. The molecule has 0 aliphatic carbocycles. The zero-order valence-corrected chi connectivity index (χ0v) is 10.3. The van der Waals surface area contributed by atoms with E-state index in [1.54, 1.807) is 6.92 Å². The Hall–Kier alpha value is -2.18. The van der Waals surface area contributed by atoms with E-state index in [9.17, 15) is 14.9 Å². The lowest BCUT2D eigenvalue weighted by atomic mass is 10.2. The summed E-state index contributed by atoms with van der Waals surface area (Å²) in [5.74, 6) is -0.935. The predicted molar refractivity (Wildman–Crippen MR) is 65.8 cm³/mol. The second-order valence-corrected chi connectivity index (χ2v) is 3.93. The maximum Gasteiger partial charge on any atom is 0.323 e. The molecule has 0 unspecified atom stereocenters. The molecule has 0 saturated carbocycles. The van der Waals surface area contributed by atoms with Gasteiger partial charge in [-0.25, -0.2) is 4.98 Å². The van der Waals surface area contributed by atoms with Crippen LogP contribution in [0, 0.1) is 17.0 Å². The molecule has 0 saturated heterocycles. The van der Waals surface area contributed by atoms with E-state index in [-0.39, 0.29) is 18.1 Å². The Morgan fingerprint density at radius 2 is 2.28 bits per heavy atom. The second-order valence-electron chi connectivity index (χ2n) is 3.93. The van der Waals surface area contributed by atoms with Crippen LogP contribution in [0.2, 0.25) is 0 Å². The molecule has 0 aliphatic heterocycles. The summed E-state index contributed by atoms with van der Waals surface area (Å²) < 4.78 is 0. The third-order valence-electron chi connectivity index (χ3n) is 2.30. The quantitative estimate of drug-likeness (QED) is 0.611. The van der Waals surface area contributed by atoms with Gasteiger partial charge in [-0.3, -0.25) is 14.9 Å². The maximum absolute atomic E-state index is 11.0. The first-order valence-corrected chi connectivity index (χ1v) is 5.53. The van der Waals surface area contributed by atoms with E-state index in [2.05, 4.69) is 4.98 Å². The number of nitro groups is 1. The van der Waals surface area contributed by atoms with Crippen molar-refractivity contribution in [2.45, 2.75) is 20.3 Å². The van der Waals surface area contributed by atoms with Crippen molar-refractivity contribution in [2.75, 3.05) is 18.0 Å².